The number of amides is 2. The molecule has 0 radical (unpaired) electrons. The average Bonchev–Trinajstić information content (AvgIpc) is 3.34. The molecule has 2 aliphatic rings. The van der Waals surface area contributed by atoms with Crippen LogP contribution >= 0.6 is 7.26 Å². The van der Waals surface area contributed by atoms with E-state index in [1.165, 1.54) is 6.08 Å². The van der Waals surface area contributed by atoms with Gasteiger partial charge in [0.15, 0.2) is 0 Å². The maximum Gasteiger partial charge on any atom is 0.471 e. The van der Waals surface area contributed by atoms with Crippen molar-refractivity contribution in [2.75, 3.05) is 0 Å². The Morgan fingerprint density at radius 3 is 1.58 bits per heavy atom. The Kier molecular flexibility index (Phi) is 8.70. The highest BCUT2D eigenvalue weighted by molar-refractivity contribution is 7.96. The summed E-state index contributed by atoms with van der Waals surface area (Å²) in [5.74, 6) is -17.5. The van der Waals surface area contributed by atoms with Crippen molar-refractivity contribution >= 4 is 35.0 Å². The number of ether oxygens (including phenoxy) is 1. The Labute approximate surface area is 279 Å². The van der Waals surface area contributed by atoms with Crippen LogP contribution in [0.2, 0.25) is 0 Å². The maximum atomic E-state index is 14.3. The van der Waals surface area contributed by atoms with E-state index in [1.807, 2.05) is 91.0 Å². The van der Waals surface area contributed by atoms with E-state index in [9.17, 15) is 49.1 Å². The summed E-state index contributed by atoms with van der Waals surface area (Å²) in [5.41, 5.74) is -1.16. The molecule has 14 heteroatoms. The molecule has 0 saturated heterocycles. The number of benzene rings is 4. The lowest BCUT2D eigenvalue weighted by molar-refractivity contribution is -0.428. The highest BCUT2D eigenvalue weighted by Gasteiger charge is 2.83. The second kappa shape index (κ2) is 12.5. The molecule has 6 rings (SSSR count). The van der Waals surface area contributed by atoms with Crippen LogP contribution in [0.3, 0.4) is 0 Å². The lowest BCUT2D eigenvalue weighted by atomic mass is 10.1. The Bertz CT molecular complexity index is 1890. The first-order chi connectivity index (χ1) is 23.5. The van der Waals surface area contributed by atoms with Gasteiger partial charge in [-0.1, -0.05) is 60.7 Å². The van der Waals surface area contributed by atoms with Gasteiger partial charge in [-0.3, -0.25) is 9.59 Å². The highest BCUT2D eigenvalue weighted by Crippen LogP contribution is 2.62. The van der Waals surface area contributed by atoms with Crippen LogP contribution in [-0.4, -0.2) is 46.5 Å². The van der Waals surface area contributed by atoms with Gasteiger partial charge in [-0.05, 0) is 66.7 Å². The molecular weight excluding hydrogens is 696 g/mol. The van der Waals surface area contributed by atoms with Gasteiger partial charge in [0.2, 0.25) is 0 Å². The molecule has 1 heterocycles. The molecule has 0 fully saturated rings. The fourth-order valence-electron chi connectivity index (χ4n) is 6.17. The number of carbonyl (C=O) groups excluding carboxylic acids is 2. The Hall–Kier alpha value is -4.90. The quantitative estimate of drug-likeness (QED) is 0.0994. The molecule has 4 nitrogen and oxygen atoms in total. The van der Waals surface area contributed by atoms with Crippen molar-refractivity contribution in [3.8, 4) is 5.75 Å². The van der Waals surface area contributed by atoms with Crippen LogP contribution in [0.5, 0.6) is 5.75 Å². The number of hydrogen-bond donors (Lipinski definition) is 0. The lowest BCUT2D eigenvalue weighted by Gasteiger charge is -2.35. The zero-order valence-electron chi connectivity index (χ0n) is 25.4. The van der Waals surface area contributed by atoms with Crippen LogP contribution in [0.1, 0.15) is 27.1 Å². The number of nitrogens with zero attached hydrogens (tertiary/aromatic N) is 1. The first-order valence-electron chi connectivity index (χ1n) is 14.9. The number of halogens is 9. The van der Waals surface area contributed by atoms with Gasteiger partial charge in [0.1, 0.15) is 34.6 Å². The molecule has 0 N–H and O–H groups in total. The van der Waals surface area contributed by atoms with Gasteiger partial charge in [0, 0.05) is 6.42 Å². The van der Waals surface area contributed by atoms with E-state index in [1.54, 1.807) is 12.2 Å². The van der Waals surface area contributed by atoms with Crippen molar-refractivity contribution in [1.82, 2.24) is 4.90 Å². The lowest BCUT2D eigenvalue weighted by Crippen LogP contribution is -2.62. The summed E-state index contributed by atoms with van der Waals surface area (Å²) >= 11 is 0. The first kappa shape index (κ1) is 34.9. The van der Waals surface area contributed by atoms with Crippen molar-refractivity contribution in [3.63, 3.8) is 0 Å². The number of hydrogen-bond acceptors (Lipinski definition) is 3. The topological polar surface area (TPSA) is 46.6 Å². The minimum atomic E-state index is -7.17. The van der Waals surface area contributed by atoms with Crippen molar-refractivity contribution in [2.45, 2.75) is 36.2 Å². The molecular formula is C36H24F9NO3P+. The van der Waals surface area contributed by atoms with Crippen molar-refractivity contribution in [3.05, 3.63) is 144 Å². The Morgan fingerprint density at radius 1 is 0.620 bits per heavy atom. The smallest absolute Gasteiger partial charge is 0.428 e. The molecule has 1 aliphatic heterocycles. The van der Waals surface area contributed by atoms with Gasteiger partial charge in [-0.25, -0.2) is 4.90 Å². The molecule has 0 bridgehead atoms. The third kappa shape index (κ3) is 5.48. The standard InChI is InChI=1S/C36H24F9NO3P/c37-33(38,35(41,42)43)34(39,40)36(44,45)49-24-19-20-29-30(22-24)32(48)46(31(29)47)23-11-10-18-28(21-23)50(25-12-4-1-5-13-25,26-14-6-2-7-15-26)27-16-8-3-9-17-27/h1-17,19-22,28H,18H2/q+1. The van der Waals surface area contributed by atoms with Gasteiger partial charge in [-0.2, -0.15) is 39.5 Å². The SMILES string of the molecule is O=C1c2ccc(OC(F)(F)C(F)(F)C(F)(F)C(F)(F)F)cc2C(=O)N1C1=CC([P+](c2ccccc2)(c2ccccc2)c2ccccc2)CC=C1. The fraction of sp³-hybridized carbons (Fsp3) is 0.167. The monoisotopic (exact) mass is 720 g/mol. The van der Waals surface area contributed by atoms with E-state index in [4.69, 9.17) is 0 Å². The number of imide groups is 1. The van der Waals surface area contributed by atoms with Crippen LogP contribution in [0.25, 0.3) is 0 Å². The summed E-state index contributed by atoms with van der Waals surface area (Å²) in [6.45, 7) is 0. The molecule has 0 spiro atoms. The minimum Gasteiger partial charge on any atom is -0.428 e. The Morgan fingerprint density at radius 2 is 1.10 bits per heavy atom. The number of rotatable bonds is 9. The van der Waals surface area contributed by atoms with Gasteiger partial charge in [-0.15, -0.1) is 0 Å². The zero-order valence-corrected chi connectivity index (χ0v) is 26.3. The van der Waals surface area contributed by atoms with Gasteiger partial charge in [0.05, 0.1) is 16.8 Å². The van der Waals surface area contributed by atoms with Gasteiger partial charge >= 0.3 is 24.1 Å². The van der Waals surface area contributed by atoms with E-state index in [0.29, 0.717) is 18.6 Å². The largest absolute Gasteiger partial charge is 0.471 e. The number of allylic oxidation sites excluding steroid dienone is 3. The fourth-order valence-corrected chi connectivity index (χ4v) is 11.0. The molecule has 50 heavy (non-hydrogen) atoms. The third-order valence-corrected chi connectivity index (χ3v) is 13.2. The molecule has 1 atom stereocenters. The van der Waals surface area contributed by atoms with Crippen molar-refractivity contribution in [2.24, 2.45) is 0 Å². The summed E-state index contributed by atoms with van der Waals surface area (Å²) in [7, 11) is -2.59. The van der Waals surface area contributed by atoms with Crippen molar-refractivity contribution < 1.29 is 53.8 Å². The molecule has 1 aliphatic carbocycles. The molecule has 4 aromatic carbocycles. The van der Waals surface area contributed by atoms with Gasteiger partial charge < -0.3 is 4.74 Å². The number of fused-ring (bicyclic) bond motifs is 1. The van der Waals surface area contributed by atoms with E-state index in [-0.39, 0.29) is 16.9 Å². The summed E-state index contributed by atoms with van der Waals surface area (Å²) < 4.78 is 124. The summed E-state index contributed by atoms with van der Waals surface area (Å²) in [6, 6.07) is 30.8. The second-order valence-electron chi connectivity index (χ2n) is 11.4. The molecule has 258 valence electrons. The highest BCUT2D eigenvalue weighted by atomic mass is 31.2. The summed E-state index contributed by atoms with van der Waals surface area (Å²) in [4.78, 5) is 28.0. The van der Waals surface area contributed by atoms with Crippen LogP contribution in [-0.2, 0) is 0 Å². The summed E-state index contributed by atoms with van der Waals surface area (Å²) in [5, 5.41) is 3.02. The van der Waals surface area contributed by atoms with E-state index < -0.39 is 54.5 Å². The average molecular weight is 721 g/mol. The van der Waals surface area contributed by atoms with Crippen LogP contribution in [0, 0.1) is 0 Å². The molecule has 0 aromatic heterocycles. The van der Waals surface area contributed by atoms with Crippen molar-refractivity contribution in [1.29, 1.82) is 0 Å². The molecule has 0 saturated carbocycles. The Balaban J connectivity index is 1.39. The van der Waals surface area contributed by atoms with E-state index >= 15 is 0 Å². The van der Waals surface area contributed by atoms with Crippen LogP contribution in [0.4, 0.5) is 39.5 Å². The molecule has 4 aromatic rings. The van der Waals surface area contributed by atoms with Crippen LogP contribution in [0.15, 0.2) is 133 Å². The van der Waals surface area contributed by atoms with E-state index in [0.717, 1.165) is 26.9 Å². The van der Waals surface area contributed by atoms with Gasteiger partial charge in [0.25, 0.3) is 11.8 Å². The minimum absolute atomic E-state index is 0.128. The maximum absolute atomic E-state index is 14.3. The molecule has 2 amide bonds. The zero-order chi connectivity index (χ0) is 36.1. The predicted molar refractivity (Wildman–Crippen MR) is 169 cm³/mol. The first-order valence-corrected chi connectivity index (χ1v) is 16.8. The number of carbonyl (C=O) groups is 2. The van der Waals surface area contributed by atoms with Crippen LogP contribution < -0.4 is 20.7 Å². The number of alkyl halides is 9. The van der Waals surface area contributed by atoms with E-state index in [2.05, 4.69) is 4.74 Å². The third-order valence-electron chi connectivity index (χ3n) is 8.50. The summed E-state index contributed by atoms with van der Waals surface area (Å²) in [6.07, 6.45) is -7.85. The molecule has 1 unspecified atom stereocenters. The second-order valence-corrected chi connectivity index (χ2v) is 15.1. The predicted octanol–water partition coefficient (Wildman–Crippen LogP) is 8.29. The normalized spacial score (nSPS) is 17.1.